The standard InChI is InChI=1S/C13H15Cl2NO2/c1-8(2)5-13(18)16-7-12(17)10-4-3-9(14)6-11(10)15/h3-6,12,17H,7H2,1-2H3,(H,16,18). The molecule has 1 rings (SSSR count). The highest BCUT2D eigenvalue weighted by Crippen LogP contribution is 2.25. The Kier molecular flexibility index (Phi) is 5.66. The van der Waals surface area contributed by atoms with Gasteiger partial charge in [0.1, 0.15) is 0 Å². The van der Waals surface area contributed by atoms with Crippen molar-refractivity contribution >= 4 is 29.1 Å². The Balaban J connectivity index is 2.63. The molecule has 0 aromatic heterocycles. The van der Waals surface area contributed by atoms with E-state index in [4.69, 9.17) is 23.2 Å². The van der Waals surface area contributed by atoms with Crippen LogP contribution in [0.25, 0.3) is 0 Å². The van der Waals surface area contributed by atoms with Gasteiger partial charge in [-0.1, -0.05) is 34.8 Å². The van der Waals surface area contributed by atoms with E-state index in [9.17, 15) is 9.90 Å². The maximum absolute atomic E-state index is 11.4. The molecular formula is C13H15Cl2NO2. The third kappa shape index (κ3) is 4.69. The number of amides is 1. The van der Waals surface area contributed by atoms with Gasteiger partial charge < -0.3 is 10.4 Å². The third-order valence-electron chi connectivity index (χ3n) is 2.21. The van der Waals surface area contributed by atoms with Crippen molar-refractivity contribution in [2.45, 2.75) is 20.0 Å². The van der Waals surface area contributed by atoms with Gasteiger partial charge in [-0.2, -0.15) is 0 Å². The van der Waals surface area contributed by atoms with Crippen LogP contribution in [0.2, 0.25) is 10.0 Å². The summed E-state index contributed by atoms with van der Waals surface area (Å²) in [6, 6.07) is 4.84. The molecule has 1 aromatic carbocycles. The predicted molar refractivity (Wildman–Crippen MR) is 73.9 cm³/mol. The summed E-state index contributed by atoms with van der Waals surface area (Å²) in [6.07, 6.45) is 0.611. The molecule has 1 amide bonds. The van der Waals surface area contributed by atoms with Crippen LogP contribution >= 0.6 is 23.2 Å². The van der Waals surface area contributed by atoms with Crippen molar-refractivity contribution in [1.29, 1.82) is 0 Å². The monoisotopic (exact) mass is 287 g/mol. The first-order valence-corrected chi connectivity index (χ1v) is 6.21. The number of rotatable bonds is 4. The van der Waals surface area contributed by atoms with Gasteiger partial charge in [-0.15, -0.1) is 0 Å². The second kappa shape index (κ2) is 6.78. The SMILES string of the molecule is CC(C)=CC(=O)NCC(O)c1ccc(Cl)cc1Cl. The maximum atomic E-state index is 11.4. The molecule has 98 valence electrons. The van der Waals surface area contributed by atoms with Gasteiger partial charge >= 0.3 is 0 Å². The maximum Gasteiger partial charge on any atom is 0.244 e. The van der Waals surface area contributed by atoms with Crippen LogP contribution in [0, 0.1) is 0 Å². The van der Waals surface area contributed by atoms with Crippen LogP contribution in [0.15, 0.2) is 29.8 Å². The highest BCUT2D eigenvalue weighted by molar-refractivity contribution is 6.35. The number of allylic oxidation sites excluding steroid dienone is 1. The summed E-state index contributed by atoms with van der Waals surface area (Å²) >= 11 is 11.7. The zero-order valence-electron chi connectivity index (χ0n) is 10.2. The normalized spacial score (nSPS) is 11.8. The number of hydrogen-bond donors (Lipinski definition) is 2. The fraction of sp³-hybridized carbons (Fsp3) is 0.308. The van der Waals surface area contributed by atoms with E-state index < -0.39 is 6.10 Å². The second-order valence-corrected chi connectivity index (χ2v) is 4.99. The van der Waals surface area contributed by atoms with Gasteiger partial charge in [0.2, 0.25) is 5.91 Å². The molecule has 0 bridgehead atoms. The van der Waals surface area contributed by atoms with Crippen LogP contribution in [0.3, 0.4) is 0 Å². The number of carbonyl (C=O) groups is 1. The van der Waals surface area contributed by atoms with Crippen molar-refractivity contribution in [3.8, 4) is 0 Å². The number of carbonyl (C=O) groups excluding carboxylic acids is 1. The molecule has 0 saturated heterocycles. The fourth-order valence-corrected chi connectivity index (χ4v) is 1.93. The minimum absolute atomic E-state index is 0.101. The molecule has 1 atom stereocenters. The molecule has 0 aliphatic carbocycles. The second-order valence-electron chi connectivity index (χ2n) is 4.15. The van der Waals surface area contributed by atoms with Crippen molar-refractivity contribution in [1.82, 2.24) is 5.32 Å². The van der Waals surface area contributed by atoms with E-state index in [0.717, 1.165) is 5.57 Å². The Morgan fingerprint density at radius 2 is 2.11 bits per heavy atom. The third-order valence-corrected chi connectivity index (χ3v) is 2.77. The Hall–Kier alpha value is -1.03. The largest absolute Gasteiger partial charge is 0.387 e. The van der Waals surface area contributed by atoms with Gasteiger partial charge in [0.15, 0.2) is 0 Å². The summed E-state index contributed by atoms with van der Waals surface area (Å²) in [5.74, 6) is -0.237. The lowest BCUT2D eigenvalue weighted by Gasteiger charge is -2.13. The number of benzene rings is 1. The van der Waals surface area contributed by atoms with E-state index in [1.807, 2.05) is 13.8 Å². The van der Waals surface area contributed by atoms with Crippen molar-refractivity contribution in [3.05, 3.63) is 45.5 Å². The molecule has 0 heterocycles. The van der Waals surface area contributed by atoms with Crippen molar-refractivity contribution in [3.63, 3.8) is 0 Å². The minimum Gasteiger partial charge on any atom is -0.387 e. The van der Waals surface area contributed by atoms with E-state index in [1.165, 1.54) is 6.08 Å². The van der Waals surface area contributed by atoms with E-state index in [0.29, 0.717) is 15.6 Å². The minimum atomic E-state index is -0.857. The zero-order chi connectivity index (χ0) is 13.7. The van der Waals surface area contributed by atoms with Gasteiger partial charge in [0.25, 0.3) is 0 Å². The van der Waals surface area contributed by atoms with Crippen LogP contribution < -0.4 is 5.32 Å². The van der Waals surface area contributed by atoms with Gasteiger partial charge in [-0.25, -0.2) is 0 Å². The molecule has 0 saturated carbocycles. The Morgan fingerprint density at radius 1 is 1.44 bits per heavy atom. The Bertz CT molecular complexity index is 468. The van der Waals surface area contributed by atoms with Gasteiger partial charge in [0, 0.05) is 28.2 Å². The van der Waals surface area contributed by atoms with Crippen molar-refractivity contribution < 1.29 is 9.90 Å². The lowest BCUT2D eigenvalue weighted by atomic mass is 10.1. The fourth-order valence-electron chi connectivity index (χ4n) is 1.39. The van der Waals surface area contributed by atoms with Crippen molar-refractivity contribution in [2.24, 2.45) is 0 Å². The Labute approximate surface area is 116 Å². The molecule has 5 heteroatoms. The lowest BCUT2D eigenvalue weighted by molar-refractivity contribution is -0.117. The first-order chi connectivity index (χ1) is 8.40. The summed E-state index contributed by atoms with van der Waals surface area (Å²) in [5.41, 5.74) is 1.44. The molecule has 3 nitrogen and oxygen atoms in total. The molecule has 1 unspecified atom stereocenters. The van der Waals surface area contributed by atoms with Gasteiger partial charge in [-0.3, -0.25) is 4.79 Å². The first-order valence-electron chi connectivity index (χ1n) is 5.46. The number of halogens is 2. The van der Waals surface area contributed by atoms with E-state index in [1.54, 1.807) is 18.2 Å². The summed E-state index contributed by atoms with van der Waals surface area (Å²) in [6.45, 7) is 3.75. The number of nitrogens with one attached hydrogen (secondary N) is 1. The van der Waals surface area contributed by atoms with Crippen LogP contribution in [-0.2, 0) is 4.79 Å². The number of aliphatic hydroxyl groups is 1. The summed E-state index contributed by atoms with van der Waals surface area (Å²) in [4.78, 5) is 11.4. The molecule has 1 aromatic rings. The number of aliphatic hydroxyl groups excluding tert-OH is 1. The van der Waals surface area contributed by atoms with Crippen molar-refractivity contribution in [2.75, 3.05) is 6.54 Å². The topological polar surface area (TPSA) is 49.3 Å². The average Bonchev–Trinajstić information content (AvgIpc) is 2.25. The first kappa shape index (κ1) is 15.0. The van der Waals surface area contributed by atoms with Gasteiger partial charge in [0.05, 0.1) is 6.10 Å². The van der Waals surface area contributed by atoms with Crippen LogP contribution in [0.1, 0.15) is 25.5 Å². The zero-order valence-corrected chi connectivity index (χ0v) is 11.7. The number of hydrogen-bond acceptors (Lipinski definition) is 2. The van der Waals surface area contributed by atoms with E-state index >= 15 is 0 Å². The highest BCUT2D eigenvalue weighted by atomic mass is 35.5. The molecule has 0 fully saturated rings. The van der Waals surface area contributed by atoms with Crippen LogP contribution in [0.5, 0.6) is 0 Å². The summed E-state index contributed by atoms with van der Waals surface area (Å²) in [7, 11) is 0. The Morgan fingerprint density at radius 3 is 2.67 bits per heavy atom. The van der Waals surface area contributed by atoms with Crippen LogP contribution in [-0.4, -0.2) is 17.6 Å². The lowest BCUT2D eigenvalue weighted by Crippen LogP contribution is -2.27. The van der Waals surface area contributed by atoms with E-state index in [2.05, 4.69) is 5.32 Å². The van der Waals surface area contributed by atoms with Crippen LogP contribution in [0.4, 0.5) is 0 Å². The molecular weight excluding hydrogens is 273 g/mol. The smallest absolute Gasteiger partial charge is 0.244 e. The highest BCUT2D eigenvalue weighted by Gasteiger charge is 2.12. The molecule has 18 heavy (non-hydrogen) atoms. The molecule has 2 N–H and O–H groups in total. The summed E-state index contributed by atoms with van der Waals surface area (Å²) in [5, 5.41) is 13.4. The quantitative estimate of drug-likeness (QED) is 0.836. The van der Waals surface area contributed by atoms with Gasteiger partial charge in [-0.05, 0) is 26.0 Å². The molecule has 0 radical (unpaired) electrons. The molecule has 0 aliphatic rings. The summed E-state index contributed by atoms with van der Waals surface area (Å²) < 4.78 is 0. The molecule has 0 aliphatic heterocycles. The van der Waals surface area contributed by atoms with E-state index in [-0.39, 0.29) is 12.5 Å². The average molecular weight is 288 g/mol. The molecule has 0 spiro atoms. The predicted octanol–water partition coefficient (Wildman–Crippen LogP) is 3.11.